The molecule has 1 aromatic heterocycles. The molecule has 3 rings (SSSR count). The Bertz CT molecular complexity index is 729. The molecule has 0 radical (unpaired) electrons. The van der Waals surface area contributed by atoms with Crippen LogP contribution in [0.3, 0.4) is 0 Å². The third-order valence-electron chi connectivity index (χ3n) is 4.67. The van der Waals surface area contributed by atoms with E-state index in [4.69, 9.17) is 19.2 Å². The van der Waals surface area contributed by atoms with E-state index in [1.54, 1.807) is 25.6 Å². The first-order valence-electron chi connectivity index (χ1n) is 8.34. The number of nitrogens with one attached hydrogen (secondary N) is 1. The van der Waals surface area contributed by atoms with Gasteiger partial charge in [0.05, 0.1) is 19.9 Å². The summed E-state index contributed by atoms with van der Waals surface area (Å²) in [4.78, 5) is 4.85. The quantitative estimate of drug-likeness (QED) is 0.708. The van der Waals surface area contributed by atoms with E-state index in [1.807, 2.05) is 12.1 Å². The molecule has 7 heteroatoms. The second-order valence-corrected chi connectivity index (χ2v) is 6.83. The Morgan fingerprint density at radius 1 is 1.27 bits per heavy atom. The Morgan fingerprint density at radius 2 is 2.00 bits per heavy atom. The van der Waals surface area contributed by atoms with E-state index >= 15 is 0 Å². The lowest BCUT2D eigenvalue weighted by atomic mass is 9.72. The van der Waals surface area contributed by atoms with Crippen LogP contribution in [0.2, 0.25) is 0 Å². The highest BCUT2D eigenvalue weighted by atomic mass is 35.5. The van der Waals surface area contributed by atoms with Crippen molar-refractivity contribution < 1.29 is 14.2 Å². The van der Waals surface area contributed by atoms with Crippen LogP contribution in [-0.4, -0.2) is 39.0 Å². The van der Waals surface area contributed by atoms with Crippen molar-refractivity contribution in [3.63, 3.8) is 0 Å². The molecule has 0 unspecified atom stereocenters. The van der Waals surface area contributed by atoms with Gasteiger partial charge in [0.25, 0.3) is 0 Å². The van der Waals surface area contributed by atoms with E-state index < -0.39 is 0 Å². The molecule has 142 valence electrons. The number of hydrogen-bond donors (Lipinski definition) is 1. The molecule has 1 saturated heterocycles. The number of ether oxygens (including phenoxy) is 3. The fourth-order valence-corrected chi connectivity index (χ4v) is 4.10. The zero-order valence-electron chi connectivity index (χ0n) is 15.1. The highest BCUT2D eigenvalue weighted by Gasteiger charge is 2.39. The SMILES string of the molecule is C=CCNc1nc(C2(c3ccc(OC)c(OC)c3)CCOCC2)cs1.Cl. The van der Waals surface area contributed by atoms with Gasteiger partial charge in [0.2, 0.25) is 0 Å². The molecule has 0 amide bonds. The van der Waals surface area contributed by atoms with Crippen LogP contribution in [0.25, 0.3) is 0 Å². The number of rotatable bonds is 7. The Morgan fingerprint density at radius 3 is 2.65 bits per heavy atom. The van der Waals surface area contributed by atoms with E-state index in [0.717, 1.165) is 48.4 Å². The Hall–Kier alpha value is -1.76. The Balaban J connectivity index is 0.00000243. The van der Waals surface area contributed by atoms with Crippen LogP contribution in [0, 0.1) is 0 Å². The maximum atomic E-state index is 5.63. The molecule has 0 bridgehead atoms. The topological polar surface area (TPSA) is 52.6 Å². The van der Waals surface area contributed by atoms with Crippen molar-refractivity contribution in [2.45, 2.75) is 18.3 Å². The minimum absolute atomic E-state index is 0. The predicted octanol–water partition coefficient (Wildman–Crippen LogP) is 4.28. The van der Waals surface area contributed by atoms with Gasteiger partial charge in [-0.2, -0.15) is 0 Å². The lowest BCUT2D eigenvalue weighted by Crippen LogP contribution is -2.35. The molecular weight excluding hydrogens is 372 g/mol. The first kappa shape index (κ1) is 20.6. The molecule has 0 spiro atoms. The van der Waals surface area contributed by atoms with Gasteiger partial charge in [0.1, 0.15) is 0 Å². The molecule has 1 aliphatic rings. The Kier molecular flexibility index (Phi) is 7.32. The number of benzene rings is 1. The number of halogens is 1. The summed E-state index contributed by atoms with van der Waals surface area (Å²) in [6, 6.07) is 6.15. The predicted molar refractivity (Wildman–Crippen MR) is 108 cm³/mol. The van der Waals surface area contributed by atoms with Gasteiger partial charge >= 0.3 is 0 Å². The van der Waals surface area contributed by atoms with E-state index in [-0.39, 0.29) is 17.8 Å². The van der Waals surface area contributed by atoms with Gasteiger partial charge in [-0.05, 0) is 30.5 Å². The number of methoxy groups -OCH3 is 2. The monoisotopic (exact) mass is 396 g/mol. The van der Waals surface area contributed by atoms with E-state index in [1.165, 1.54) is 5.56 Å². The smallest absolute Gasteiger partial charge is 0.183 e. The summed E-state index contributed by atoms with van der Waals surface area (Å²) in [6.07, 6.45) is 3.62. The fourth-order valence-electron chi connectivity index (χ4n) is 3.28. The highest BCUT2D eigenvalue weighted by molar-refractivity contribution is 7.13. The number of thiazole rings is 1. The average molecular weight is 397 g/mol. The standard InChI is InChI=1S/C19H24N2O3S.ClH/c1-4-9-20-18-21-17(13-25-18)19(7-10-24-11-8-19)14-5-6-15(22-2)16(12-14)23-3;/h4-6,12-13H,1,7-11H2,2-3H3,(H,20,21);1H. The molecular formula is C19H25ClN2O3S. The molecule has 2 heterocycles. The first-order valence-corrected chi connectivity index (χ1v) is 9.22. The third-order valence-corrected chi connectivity index (χ3v) is 5.47. The molecule has 1 N–H and O–H groups in total. The van der Waals surface area contributed by atoms with Crippen molar-refractivity contribution in [3.8, 4) is 11.5 Å². The summed E-state index contributed by atoms with van der Waals surface area (Å²) in [5, 5.41) is 6.34. The third kappa shape index (κ3) is 3.98. The van der Waals surface area contributed by atoms with Crippen molar-refractivity contribution in [3.05, 3.63) is 47.5 Å². The number of aromatic nitrogens is 1. The van der Waals surface area contributed by atoms with Gasteiger partial charge in [-0.1, -0.05) is 12.1 Å². The number of nitrogens with zero attached hydrogens (tertiary/aromatic N) is 1. The minimum atomic E-state index is -0.164. The summed E-state index contributed by atoms with van der Waals surface area (Å²) >= 11 is 1.63. The maximum Gasteiger partial charge on any atom is 0.183 e. The van der Waals surface area contributed by atoms with Crippen LogP contribution in [-0.2, 0) is 10.2 Å². The van der Waals surface area contributed by atoms with E-state index in [2.05, 4.69) is 29.4 Å². The number of anilines is 1. The highest BCUT2D eigenvalue weighted by Crippen LogP contribution is 2.44. The molecule has 1 fully saturated rings. The van der Waals surface area contributed by atoms with Crippen LogP contribution < -0.4 is 14.8 Å². The lowest BCUT2D eigenvalue weighted by Gasteiger charge is -2.36. The van der Waals surface area contributed by atoms with Gasteiger partial charge in [-0.3, -0.25) is 0 Å². The van der Waals surface area contributed by atoms with Gasteiger partial charge in [-0.15, -0.1) is 30.3 Å². The first-order chi connectivity index (χ1) is 12.2. The molecule has 0 atom stereocenters. The summed E-state index contributed by atoms with van der Waals surface area (Å²) in [7, 11) is 3.32. The van der Waals surface area contributed by atoms with Gasteiger partial charge < -0.3 is 19.5 Å². The van der Waals surface area contributed by atoms with Gasteiger partial charge in [0, 0.05) is 30.6 Å². The van der Waals surface area contributed by atoms with Crippen LogP contribution in [0.1, 0.15) is 24.1 Å². The molecule has 0 saturated carbocycles. The van der Waals surface area contributed by atoms with Crippen molar-refractivity contribution in [2.24, 2.45) is 0 Å². The Labute approximate surface area is 164 Å². The van der Waals surface area contributed by atoms with Crippen LogP contribution in [0.5, 0.6) is 11.5 Å². The molecule has 1 aliphatic heterocycles. The van der Waals surface area contributed by atoms with Crippen LogP contribution in [0.15, 0.2) is 36.2 Å². The molecule has 1 aromatic carbocycles. The second-order valence-electron chi connectivity index (χ2n) is 5.97. The average Bonchev–Trinajstić information content (AvgIpc) is 3.15. The fraction of sp³-hybridized carbons (Fsp3) is 0.421. The molecule has 5 nitrogen and oxygen atoms in total. The lowest BCUT2D eigenvalue weighted by molar-refractivity contribution is 0.0620. The second kappa shape index (κ2) is 9.26. The zero-order chi connectivity index (χ0) is 17.7. The largest absolute Gasteiger partial charge is 0.493 e. The minimum Gasteiger partial charge on any atom is -0.493 e. The number of hydrogen-bond acceptors (Lipinski definition) is 6. The van der Waals surface area contributed by atoms with Crippen molar-refractivity contribution in [1.29, 1.82) is 0 Å². The molecule has 0 aliphatic carbocycles. The van der Waals surface area contributed by atoms with Gasteiger partial charge in [0.15, 0.2) is 16.6 Å². The van der Waals surface area contributed by atoms with E-state index in [0.29, 0.717) is 6.54 Å². The summed E-state index contributed by atoms with van der Waals surface area (Å²) in [5.41, 5.74) is 2.11. The van der Waals surface area contributed by atoms with Crippen LogP contribution in [0.4, 0.5) is 5.13 Å². The maximum absolute atomic E-state index is 5.63. The molecule has 2 aromatic rings. The van der Waals surface area contributed by atoms with E-state index in [9.17, 15) is 0 Å². The zero-order valence-corrected chi connectivity index (χ0v) is 16.8. The van der Waals surface area contributed by atoms with Crippen molar-refractivity contribution >= 4 is 28.9 Å². The summed E-state index contributed by atoms with van der Waals surface area (Å²) in [6.45, 7) is 5.90. The summed E-state index contributed by atoms with van der Waals surface area (Å²) < 4.78 is 16.5. The van der Waals surface area contributed by atoms with Crippen molar-refractivity contribution in [2.75, 3.05) is 39.3 Å². The molecule has 26 heavy (non-hydrogen) atoms. The summed E-state index contributed by atoms with van der Waals surface area (Å²) in [5.74, 6) is 1.48. The van der Waals surface area contributed by atoms with Gasteiger partial charge in [-0.25, -0.2) is 4.98 Å². The van der Waals surface area contributed by atoms with Crippen LogP contribution >= 0.6 is 23.7 Å². The normalized spacial score (nSPS) is 15.6. The van der Waals surface area contributed by atoms with Crippen molar-refractivity contribution in [1.82, 2.24) is 4.98 Å².